The van der Waals surface area contributed by atoms with E-state index < -0.39 is 0 Å². The Hall–Kier alpha value is -2.36. The summed E-state index contributed by atoms with van der Waals surface area (Å²) in [7, 11) is 0. The van der Waals surface area contributed by atoms with Gasteiger partial charge in [0.05, 0.1) is 0 Å². The van der Waals surface area contributed by atoms with E-state index in [9.17, 15) is 0 Å². The first-order valence-corrected chi connectivity index (χ1v) is 5.83. The molecule has 0 spiro atoms. The van der Waals surface area contributed by atoms with Gasteiger partial charge in [-0.1, -0.05) is 35.5 Å². The molecule has 0 aliphatic heterocycles. The minimum atomic E-state index is 0.563. The first-order valence-electron chi connectivity index (χ1n) is 5.83. The Kier molecular flexibility index (Phi) is 2.68. The van der Waals surface area contributed by atoms with Gasteiger partial charge < -0.3 is 9.09 Å². The summed E-state index contributed by atoms with van der Waals surface area (Å²) in [6.07, 6.45) is 2.02. The van der Waals surface area contributed by atoms with Crippen LogP contribution < -0.4 is 0 Å². The third-order valence-electron chi connectivity index (χ3n) is 2.77. The maximum Gasteiger partial charge on any atom is 0.274 e. The van der Waals surface area contributed by atoms with Gasteiger partial charge in [-0.15, -0.1) is 0 Å². The van der Waals surface area contributed by atoms with E-state index >= 15 is 0 Å². The van der Waals surface area contributed by atoms with E-state index in [4.69, 9.17) is 4.52 Å². The second-order valence-electron chi connectivity index (χ2n) is 4.15. The summed E-state index contributed by atoms with van der Waals surface area (Å²) in [5.41, 5.74) is 2.19. The Morgan fingerprint density at radius 2 is 1.94 bits per heavy atom. The molecule has 0 atom stereocenters. The highest BCUT2D eigenvalue weighted by atomic mass is 16.5. The summed E-state index contributed by atoms with van der Waals surface area (Å²) >= 11 is 0. The zero-order valence-corrected chi connectivity index (χ0v) is 10.1. The molecule has 0 fully saturated rings. The quantitative estimate of drug-likeness (QED) is 0.705. The minimum Gasteiger partial charge on any atom is -0.339 e. The Bertz CT molecular complexity index is 640. The third kappa shape index (κ3) is 2.05. The predicted molar refractivity (Wildman–Crippen MR) is 68.0 cm³/mol. The Labute approximate surface area is 105 Å². The van der Waals surface area contributed by atoms with Crippen LogP contribution in [-0.4, -0.2) is 14.7 Å². The van der Waals surface area contributed by atoms with Crippen LogP contribution in [-0.2, 0) is 6.54 Å². The second-order valence-corrected chi connectivity index (χ2v) is 4.15. The van der Waals surface area contributed by atoms with Gasteiger partial charge in [-0.3, -0.25) is 0 Å². The van der Waals surface area contributed by atoms with Gasteiger partial charge in [-0.05, 0) is 24.6 Å². The molecular formula is C14H13N3O. The van der Waals surface area contributed by atoms with Crippen molar-refractivity contribution >= 4 is 0 Å². The minimum absolute atomic E-state index is 0.563. The van der Waals surface area contributed by atoms with E-state index in [1.54, 1.807) is 0 Å². The van der Waals surface area contributed by atoms with Gasteiger partial charge in [-0.25, -0.2) is 0 Å². The van der Waals surface area contributed by atoms with Gasteiger partial charge in [-0.2, -0.15) is 4.98 Å². The fourth-order valence-corrected chi connectivity index (χ4v) is 1.93. The SMILES string of the molecule is Cc1noc(-c2cccn2Cc2ccccc2)n1. The van der Waals surface area contributed by atoms with Gasteiger partial charge in [0.25, 0.3) is 5.89 Å². The Morgan fingerprint density at radius 1 is 1.11 bits per heavy atom. The summed E-state index contributed by atoms with van der Waals surface area (Å²) in [6, 6.07) is 14.3. The fraction of sp³-hybridized carbons (Fsp3) is 0.143. The summed E-state index contributed by atoms with van der Waals surface area (Å²) in [4.78, 5) is 4.26. The van der Waals surface area contributed by atoms with Gasteiger partial charge in [0.1, 0.15) is 5.69 Å². The van der Waals surface area contributed by atoms with E-state index in [0.717, 1.165) is 12.2 Å². The highest BCUT2D eigenvalue weighted by molar-refractivity contribution is 5.48. The first kappa shape index (κ1) is 10.8. The molecule has 4 heteroatoms. The van der Waals surface area contributed by atoms with Crippen LogP contribution in [0.5, 0.6) is 0 Å². The molecule has 0 saturated carbocycles. The Balaban J connectivity index is 1.93. The monoisotopic (exact) mass is 239 g/mol. The van der Waals surface area contributed by atoms with Crippen molar-refractivity contribution in [2.75, 3.05) is 0 Å². The largest absolute Gasteiger partial charge is 0.339 e. The molecule has 4 nitrogen and oxygen atoms in total. The van der Waals surface area contributed by atoms with E-state index in [-0.39, 0.29) is 0 Å². The van der Waals surface area contributed by atoms with E-state index in [2.05, 4.69) is 26.8 Å². The normalized spacial score (nSPS) is 10.7. The third-order valence-corrected chi connectivity index (χ3v) is 2.77. The number of aryl methyl sites for hydroxylation is 1. The molecule has 0 bridgehead atoms. The topological polar surface area (TPSA) is 43.9 Å². The van der Waals surface area contributed by atoms with Gasteiger partial charge in [0.2, 0.25) is 0 Å². The van der Waals surface area contributed by atoms with Crippen molar-refractivity contribution in [1.82, 2.24) is 14.7 Å². The average molecular weight is 239 g/mol. The molecule has 90 valence electrons. The molecular weight excluding hydrogens is 226 g/mol. The van der Waals surface area contributed by atoms with E-state index in [1.165, 1.54) is 5.56 Å². The molecule has 0 radical (unpaired) electrons. The van der Waals surface area contributed by atoms with Crippen molar-refractivity contribution in [3.63, 3.8) is 0 Å². The van der Waals surface area contributed by atoms with Crippen molar-refractivity contribution in [3.05, 3.63) is 60.0 Å². The molecule has 1 aromatic carbocycles. The average Bonchev–Trinajstić information content (AvgIpc) is 2.99. The van der Waals surface area contributed by atoms with Crippen molar-refractivity contribution < 1.29 is 4.52 Å². The molecule has 2 heterocycles. The Morgan fingerprint density at radius 3 is 2.67 bits per heavy atom. The zero-order chi connectivity index (χ0) is 12.4. The van der Waals surface area contributed by atoms with Gasteiger partial charge >= 0.3 is 0 Å². The molecule has 0 amide bonds. The lowest BCUT2D eigenvalue weighted by Crippen LogP contribution is -2.00. The first-order chi connectivity index (χ1) is 8.83. The van der Waals surface area contributed by atoms with Crippen molar-refractivity contribution in [2.24, 2.45) is 0 Å². The van der Waals surface area contributed by atoms with Crippen LogP contribution in [0.4, 0.5) is 0 Å². The van der Waals surface area contributed by atoms with Gasteiger partial charge in [0.15, 0.2) is 5.82 Å². The van der Waals surface area contributed by atoms with Crippen LogP contribution in [0, 0.1) is 6.92 Å². The highest BCUT2D eigenvalue weighted by Gasteiger charge is 2.10. The van der Waals surface area contributed by atoms with E-state index in [1.807, 2.05) is 43.5 Å². The number of hydrogen-bond donors (Lipinski definition) is 0. The van der Waals surface area contributed by atoms with Crippen LogP contribution in [0.3, 0.4) is 0 Å². The highest BCUT2D eigenvalue weighted by Crippen LogP contribution is 2.19. The summed E-state index contributed by atoms with van der Waals surface area (Å²) < 4.78 is 7.30. The van der Waals surface area contributed by atoms with Crippen LogP contribution in [0.2, 0.25) is 0 Å². The maximum absolute atomic E-state index is 5.21. The molecule has 18 heavy (non-hydrogen) atoms. The lowest BCUT2D eigenvalue weighted by Gasteiger charge is -2.06. The van der Waals surface area contributed by atoms with Crippen LogP contribution in [0.15, 0.2) is 53.2 Å². The lowest BCUT2D eigenvalue weighted by atomic mass is 10.2. The number of rotatable bonds is 3. The zero-order valence-electron chi connectivity index (χ0n) is 10.1. The number of benzene rings is 1. The van der Waals surface area contributed by atoms with Crippen molar-refractivity contribution in [3.8, 4) is 11.6 Å². The van der Waals surface area contributed by atoms with E-state index in [0.29, 0.717) is 11.7 Å². The standard InChI is InChI=1S/C14H13N3O/c1-11-15-14(18-16-11)13-8-5-9-17(13)10-12-6-3-2-4-7-12/h2-9H,10H2,1H3. The maximum atomic E-state index is 5.21. The molecule has 2 aromatic heterocycles. The molecule has 3 rings (SSSR count). The van der Waals surface area contributed by atoms with Gasteiger partial charge in [0, 0.05) is 12.7 Å². The van der Waals surface area contributed by atoms with Crippen molar-refractivity contribution in [1.29, 1.82) is 0 Å². The van der Waals surface area contributed by atoms with Crippen LogP contribution in [0.25, 0.3) is 11.6 Å². The van der Waals surface area contributed by atoms with Crippen LogP contribution in [0.1, 0.15) is 11.4 Å². The lowest BCUT2D eigenvalue weighted by molar-refractivity contribution is 0.422. The second kappa shape index (κ2) is 4.49. The fourth-order valence-electron chi connectivity index (χ4n) is 1.93. The predicted octanol–water partition coefficient (Wildman–Crippen LogP) is 2.89. The number of hydrogen-bond acceptors (Lipinski definition) is 3. The smallest absolute Gasteiger partial charge is 0.274 e. The van der Waals surface area contributed by atoms with Crippen molar-refractivity contribution in [2.45, 2.75) is 13.5 Å². The number of nitrogens with zero attached hydrogens (tertiary/aromatic N) is 3. The number of aromatic nitrogens is 3. The summed E-state index contributed by atoms with van der Waals surface area (Å²) in [5, 5.41) is 3.82. The molecule has 0 aliphatic carbocycles. The molecule has 0 N–H and O–H groups in total. The molecule has 0 saturated heterocycles. The summed E-state index contributed by atoms with van der Waals surface area (Å²) in [6.45, 7) is 2.61. The molecule has 3 aromatic rings. The van der Waals surface area contributed by atoms with Crippen LogP contribution >= 0.6 is 0 Å². The summed E-state index contributed by atoms with van der Waals surface area (Å²) in [5.74, 6) is 1.21. The molecule has 0 aliphatic rings. The molecule has 0 unspecified atom stereocenters.